The van der Waals surface area contributed by atoms with Crippen LogP contribution in [0.15, 0.2) is 0 Å². The van der Waals surface area contributed by atoms with Gasteiger partial charge in [0.25, 0.3) is 0 Å². The second-order valence-corrected chi connectivity index (χ2v) is 5.82. The normalized spacial score (nSPS) is 26.2. The number of nitrogens with one attached hydrogen (secondary N) is 1. The first kappa shape index (κ1) is 14.2. The average molecular weight is 268 g/mol. The number of carboxylic acids is 1. The number of hydrogen-bond donors (Lipinski definition) is 2. The van der Waals surface area contributed by atoms with E-state index in [1.54, 1.807) is 0 Å². The molecule has 2 atom stereocenters. The van der Waals surface area contributed by atoms with Gasteiger partial charge in [0.15, 0.2) is 0 Å². The molecule has 2 N–H and O–H groups in total. The summed E-state index contributed by atoms with van der Waals surface area (Å²) in [5.74, 6) is -0.531. The van der Waals surface area contributed by atoms with Crippen molar-refractivity contribution in [2.45, 2.75) is 51.5 Å². The minimum Gasteiger partial charge on any atom is -0.481 e. The van der Waals surface area contributed by atoms with Gasteiger partial charge in [0.05, 0.1) is 5.92 Å². The van der Waals surface area contributed by atoms with E-state index in [0.717, 1.165) is 32.4 Å². The van der Waals surface area contributed by atoms with Crippen molar-refractivity contribution in [3.05, 3.63) is 0 Å². The molecule has 2 rings (SSSR count). The summed E-state index contributed by atoms with van der Waals surface area (Å²) in [4.78, 5) is 25.2. The largest absolute Gasteiger partial charge is 0.481 e. The number of hydrogen-bond acceptors (Lipinski definition) is 2. The fraction of sp³-hybridized carbons (Fsp3) is 0.857. The van der Waals surface area contributed by atoms with Gasteiger partial charge in [0.2, 0.25) is 0 Å². The lowest BCUT2D eigenvalue weighted by atomic mass is 10.0. The molecule has 19 heavy (non-hydrogen) atoms. The molecule has 0 aromatic rings. The molecule has 2 unspecified atom stereocenters. The average Bonchev–Trinajstić information content (AvgIpc) is 3.05. The van der Waals surface area contributed by atoms with Gasteiger partial charge < -0.3 is 15.3 Å². The van der Waals surface area contributed by atoms with Crippen molar-refractivity contribution in [2.24, 2.45) is 11.8 Å². The Labute approximate surface area is 114 Å². The van der Waals surface area contributed by atoms with E-state index in [-0.39, 0.29) is 12.1 Å². The number of carbonyl (C=O) groups excluding carboxylic acids is 1. The lowest BCUT2D eigenvalue weighted by Crippen LogP contribution is -2.48. The summed E-state index contributed by atoms with van der Waals surface area (Å²) < 4.78 is 0. The van der Waals surface area contributed by atoms with E-state index in [4.69, 9.17) is 5.11 Å². The molecule has 5 nitrogen and oxygen atoms in total. The van der Waals surface area contributed by atoms with Crippen molar-refractivity contribution in [3.8, 4) is 0 Å². The Morgan fingerprint density at radius 3 is 2.58 bits per heavy atom. The van der Waals surface area contributed by atoms with E-state index in [1.807, 2.05) is 4.90 Å². The molecule has 2 aliphatic rings. The molecule has 0 heterocycles. The first-order valence-corrected chi connectivity index (χ1v) is 7.40. The monoisotopic (exact) mass is 268 g/mol. The first-order chi connectivity index (χ1) is 9.11. The zero-order chi connectivity index (χ0) is 13.8. The van der Waals surface area contributed by atoms with Crippen LogP contribution in [0.4, 0.5) is 4.79 Å². The van der Waals surface area contributed by atoms with Gasteiger partial charge in [-0.05, 0) is 38.0 Å². The molecule has 0 saturated heterocycles. The van der Waals surface area contributed by atoms with Crippen molar-refractivity contribution in [3.63, 3.8) is 0 Å². The Morgan fingerprint density at radius 2 is 2.00 bits per heavy atom. The number of carboxylic acid groups (broad SMARTS) is 1. The Balaban J connectivity index is 1.87. The summed E-state index contributed by atoms with van der Waals surface area (Å²) >= 11 is 0. The minimum atomic E-state index is -0.785. The third-order valence-corrected chi connectivity index (χ3v) is 4.10. The van der Waals surface area contributed by atoms with Gasteiger partial charge in [-0.2, -0.15) is 0 Å². The van der Waals surface area contributed by atoms with Crippen LogP contribution >= 0.6 is 0 Å². The number of amides is 2. The van der Waals surface area contributed by atoms with Crippen LogP contribution in [0.2, 0.25) is 0 Å². The minimum absolute atomic E-state index is 0.0769. The van der Waals surface area contributed by atoms with E-state index >= 15 is 0 Å². The molecule has 2 saturated carbocycles. The van der Waals surface area contributed by atoms with Gasteiger partial charge in [-0.1, -0.05) is 13.3 Å². The molecule has 108 valence electrons. The molecule has 0 aromatic carbocycles. The van der Waals surface area contributed by atoms with Crippen molar-refractivity contribution >= 4 is 12.0 Å². The molecular weight excluding hydrogens is 244 g/mol. The predicted molar refractivity (Wildman–Crippen MR) is 71.9 cm³/mol. The highest BCUT2D eigenvalue weighted by Gasteiger charge is 2.35. The second kappa shape index (κ2) is 6.26. The Bertz CT molecular complexity index is 342. The molecule has 0 spiro atoms. The Hall–Kier alpha value is -1.26. The molecule has 0 aliphatic heterocycles. The number of rotatable bonds is 6. The van der Waals surface area contributed by atoms with Gasteiger partial charge in [0, 0.05) is 19.1 Å². The van der Waals surface area contributed by atoms with Gasteiger partial charge in [0.1, 0.15) is 0 Å². The molecule has 0 bridgehead atoms. The predicted octanol–water partition coefficient (Wildman–Crippen LogP) is 2.07. The van der Waals surface area contributed by atoms with Gasteiger partial charge >= 0.3 is 12.0 Å². The zero-order valence-corrected chi connectivity index (χ0v) is 11.6. The molecular formula is C14H24N2O3. The maximum Gasteiger partial charge on any atom is 0.317 e. The lowest BCUT2D eigenvalue weighted by Gasteiger charge is -2.26. The van der Waals surface area contributed by atoms with Crippen molar-refractivity contribution < 1.29 is 14.7 Å². The summed E-state index contributed by atoms with van der Waals surface area (Å²) in [6.07, 6.45) is 5.72. The van der Waals surface area contributed by atoms with Gasteiger partial charge in [-0.15, -0.1) is 0 Å². The Kier molecular flexibility index (Phi) is 4.66. The van der Waals surface area contributed by atoms with Crippen LogP contribution in [-0.2, 0) is 4.79 Å². The molecule has 0 radical (unpaired) electrons. The summed E-state index contributed by atoms with van der Waals surface area (Å²) in [7, 11) is 0. The fourth-order valence-corrected chi connectivity index (χ4v) is 2.84. The van der Waals surface area contributed by atoms with E-state index in [0.29, 0.717) is 12.3 Å². The number of urea groups is 1. The standard InChI is InChI=1S/C14H24N2O3/c1-2-8-16(9-10-6-7-10)14(19)15-12-5-3-4-11(12)13(17)18/h10-12H,2-9H2,1H3,(H,15,19)(H,17,18). The Morgan fingerprint density at radius 1 is 1.26 bits per heavy atom. The topological polar surface area (TPSA) is 69.6 Å². The lowest BCUT2D eigenvalue weighted by molar-refractivity contribution is -0.142. The number of carbonyl (C=O) groups is 2. The SMILES string of the molecule is CCCN(CC1CC1)C(=O)NC1CCCC1C(=O)O. The molecule has 5 heteroatoms. The maximum atomic E-state index is 12.2. The second-order valence-electron chi connectivity index (χ2n) is 5.82. The van der Waals surface area contributed by atoms with Crippen LogP contribution in [-0.4, -0.2) is 41.1 Å². The quantitative estimate of drug-likeness (QED) is 0.774. The molecule has 2 fully saturated rings. The summed E-state index contributed by atoms with van der Waals surface area (Å²) in [6, 6.07) is -0.268. The van der Waals surface area contributed by atoms with Crippen LogP contribution < -0.4 is 5.32 Å². The third kappa shape index (κ3) is 3.85. The van der Waals surface area contributed by atoms with Crippen molar-refractivity contribution in [1.82, 2.24) is 10.2 Å². The molecule has 0 aromatic heterocycles. The van der Waals surface area contributed by atoms with Crippen molar-refractivity contribution in [1.29, 1.82) is 0 Å². The highest BCUT2D eigenvalue weighted by atomic mass is 16.4. The first-order valence-electron chi connectivity index (χ1n) is 7.40. The third-order valence-electron chi connectivity index (χ3n) is 4.10. The van der Waals surface area contributed by atoms with Crippen LogP contribution in [0, 0.1) is 11.8 Å². The van der Waals surface area contributed by atoms with E-state index < -0.39 is 11.9 Å². The van der Waals surface area contributed by atoms with E-state index in [2.05, 4.69) is 12.2 Å². The summed E-state index contributed by atoms with van der Waals surface area (Å²) in [5.41, 5.74) is 0. The van der Waals surface area contributed by atoms with Crippen molar-refractivity contribution in [2.75, 3.05) is 13.1 Å². The summed E-state index contributed by atoms with van der Waals surface area (Å²) in [5, 5.41) is 12.1. The smallest absolute Gasteiger partial charge is 0.317 e. The van der Waals surface area contributed by atoms with Crippen LogP contribution in [0.5, 0.6) is 0 Å². The summed E-state index contributed by atoms with van der Waals surface area (Å²) in [6.45, 7) is 3.64. The number of nitrogens with zero attached hydrogens (tertiary/aromatic N) is 1. The van der Waals surface area contributed by atoms with E-state index in [1.165, 1.54) is 12.8 Å². The zero-order valence-electron chi connectivity index (χ0n) is 11.6. The van der Waals surface area contributed by atoms with Crippen LogP contribution in [0.25, 0.3) is 0 Å². The van der Waals surface area contributed by atoms with E-state index in [9.17, 15) is 9.59 Å². The van der Waals surface area contributed by atoms with Gasteiger partial charge in [-0.3, -0.25) is 4.79 Å². The van der Waals surface area contributed by atoms with Crippen LogP contribution in [0.3, 0.4) is 0 Å². The maximum absolute atomic E-state index is 12.2. The highest BCUT2D eigenvalue weighted by molar-refractivity contribution is 5.77. The number of aliphatic carboxylic acids is 1. The molecule has 2 aliphatic carbocycles. The van der Waals surface area contributed by atoms with Crippen LogP contribution in [0.1, 0.15) is 45.4 Å². The van der Waals surface area contributed by atoms with Gasteiger partial charge in [-0.25, -0.2) is 4.79 Å². The fourth-order valence-electron chi connectivity index (χ4n) is 2.84. The molecule has 2 amide bonds. The highest BCUT2D eigenvalue weighted by Crippen LogP contribution is 2.30.